The van der Waals surface area contributed by atoms with Gasteiger partial charge in [0, 0.05) is 42.6 Å². The van der Waals surface area contributed by atoms with Crippen LogP contribution in [0.5, 0.6) is 0 Å². The molecule has 0 spiro atoms. The number of aliphatic carboxylic acids is 1. The number of alkyl halides is 3. The molecule has 7 nitrogen and oxygen atoms in total. The third-order valence-corrected chi connectivity index (χ3v) is 6.68. The van der Waals surface area contributed by atoms with Crippen molar-refractivity contribution in [3.63, 3.8) is 0 Å². The van der Waals surface area contributed by atoms with E-state index >= 15 is 0 Å². The molecule has 2 saturated heterocycles. The Hall–Kier alpha value is -1.98. The Morgan fingerprint density at radius 1 is 1.39 bits per heavy atom. The molecule has 0 radical (unpaired) electrons. The molecule has 0 bridgehead atoms. The van der Waals surface area contributed by atoms with Crippen LogP contribution in [0.3, 0.4) is 0 Å². The Morgan fingerprint density at radius 2 is 2.13 bits per heavy atom. The van der Waals surface area contributed by atoms with Crippen molar-refractivity contribution in [2.24, 2.45) is 5.92 Å². The van der Waals surface area contributed by atoms with Crippen LogP contribution < -0.4 is 0 Å². The Balaban J connectivity index is 0.000000339. The number of halogens is 3. The lowest BCUT2D eigenvalue weighted by molar-refractivity contribution is -0.192. The molecule has 11 heteroatoms. The van der Waals surface area contributed by atoms with Gasteiger partial charge in [-0.1, -0.05) is 6.07 Å². The minimum absolute atomic E-state index is 0.586. The lowest BCUT2D eigenvalue weighted by atomic mass is 9.92. The molecule has 0 saturated carbocycles. The van der Waals surface area contributed by atoms with Crippen LogP contribution in [0.1, 0.15) is 31.6 Å². The molecule has 4 rings (SSSR count). The summed E-state index contributed by atoms with van der Waals surface area (Å²) >= 11 is 1.88. The maximum atomic E-state index is 10.6. The number of hydrogen-bond donors (Lipinski definition) is 1. The molecule has 172 valence electrons. The van der Waals surface area contributed by atoms with Crippen LogP contribution in [0.25, 0.3) is 0 Å². The Morgan fingerprint density at radius 3 is 2.68 bits per heavy atom. The number of fused-ring (bicyclic) bond motifs is 1. The highest BCUT2D eigenvalue weighted by Crippen LogP contribution is 2.38. The zero-order valence-electron chi connectivity index (χ0n) is 17.6. The summed E-state index contributed by atoms with van der Waals surface area (Å²) in [6.07, 6.45) is 0.986. The third-order valence-electron chi connectivity index (χ3n) is 5.82. The van der Waals surface area contributed by atoms with E-state index in [4.69, 9.17) is 9.90 Å². The molecule has 0 aliphatic carbocycles. The topological polar surface area (TPSA) is 74.5 Å². The minimum atomic E-state index is -5.08. The van der Waals surface area contributed by atoms with E-state index in [9.17, 15) is 13.2 Å². The second kappa shape index (κ2) is 10.1. The molecule has 3 atom stereocenters. The maximum Gasteiger partial charge on any atom is 0.490 e. The zero-order valence-corrected chi connectivity index (χ0v) is 18.4. The second-order valence-corrected chi connectivity index (χ2v) is 9.31. The van der Waals surface area contributed by atoms with Gasteiger partial charge in [-0.25, -0.2) is 9.78 Å². The van der Waals surface area contributed by atoms with Gasteiger partial charge in [0.25, 0.3) is 0 Å². The van der Waals surface area contributed by atoms with Gasteiger partial charge in [0.1, 0.15) is 12.7 Å². The number of aromatic nitrogens is 3. The number of likely N-dealkylation sites (tertiary alicyclic amines) is 2. The highest BCUT2D eigenvalue weighted by Gasteiger charge is 2.44. The number of rotatable bonds is 5. The van der Waals surface area contributed by atoms with Crippen molar-refractivity contribution in [2.45, 2.75) is 64.1 Å². The van der Waals surface area contributed by atoms with Crippen LogP contribution in [0.2, 0.25) is 0 Å². The van der Waals surface area contributed by atoms with Gasteiger partial charge in [0.05, 0.1) is 6.54 Å². The number of hydrogen-bond acceptors (Lipinski definition) is 6. The Labute approximate surface area is 183 Å². The van der Waals surface area contributed by atoms with Crippen LogP contribution in [-0.2, 0) is 17.9 Å². The van der Waals surface area contributed by atoms with Crippen molar-refractivity contribution >= 4 is 17.3 Å². The number of carboxylic acid groups (broad SMARTS) is 1. The van der Waals surface area contributed by atoms with E-state index in [1.54, 1.807) is 6.33 Å². The van der Waals surface area contributed by atoms with Crippen molar-refractivity contribution in [1.82, 2.24) is 24.6 Å². The molecule has 1 N–H and O–H groups in total. The quantitative estimate of drug-likeness (QED) is 0.739. The first-order valence-electron chi connectivity index (χ1n) is 10.3. The SMILES string of the molecule is CC(C)N1[C@H](Cn2cncn2)C[C@@H]2CN(Cc3cccs3)CC[C@@H]21.O=C(O)C(F)(F)F. The number of carbonyl (C=O) groups is 1. The molecule has 0 unspecified atom stereocenters. The predicted molar refractivity (Wildman–Crippen MR) is 111 cm³/mol. The van der Waals surface area contributed by atoms with Crippen LogP contribution >= 0.6 is 11.3 Å². The molecule has 2 aliphatic rings. The highest BCUT2D eigenvalue weighted by molar-refractivity contribution is 7.09. The van der Waals surface area contributed by atoms with E-state index in [2.05, 4.69) is 51.2 Å². The summed E-state index contributed by atoms with van der Waals surface area (Å²) in [4.78, 5) is 19.9. The molecule has 31 heavy (non-hydrogen) atoms. The molecule has 2 aromatic heterocycles. The maximum absolute atomic E-state index is 10.6. The van der Waals surface area contributed by atoms with E-state index in [-0.39, 0.29) is 0 Å². The van der Waals surface area contributed by atoms with Crippen molar-refractivity contribution in [1.29, 1.82) is 0 Å². The second-order valence-electron chi connectivity index (χ2n) is 8.28. The molecular formula is C20H28F3N5O2S. The van der Waals surface area contributed by atoms with E-state index in [1.807, 2.05) is 22.3 Å². The Bertz CT molecular complexity index is 813. The number of piperidine rings is 1. The van der Waals surface area contributed by atoms with Gasteiger partial charge in [-0.3, -0.25) is 14.5 Å². The summed E-state index contributed by atoms with van der Waals surface area (Å²) in [6.45, 7) is 9.23. The molecule has 2 aliphatic heterocycles. The Kier molecular flexibility index (Phi) is 7.71. The molecule has 0 aromatic carbocycles. The van der Waals surface area contributed by atoms with Gasteiger partial charge in [-0.15, -0.1) is 11.3 Å². The monoisotopic (exact) mass is 459 g/mol. The van der Waals surface area contributed by atoms with Crippen molar-refractivity contribution in [2.75, 3.05) is 13.1 Å². The van der Waals surface area contributed by atoms with E-state index in [0.29, 0.717) is 12.1 Å². The normalized spacial score (nSPS) is 24.6. The third kappa shape index (κ3) is 6.27. The minimum Gasteiger partial charge on any atom is -0.475 e. The number of thiophene rings is 1. The van der Waals surface area contributed by atoms with Gasteiger partial charge in [-0.2, -0.15) is 18.3 Å². The fraction of sp³-hybridized carbons (Fsp3) is 0.650. The summed E-state index contributed by atoms with van der Waals surface area (Å²) in [5.74, 6) is -1.97. The van der Waals surface area contributed by atoms with E-state index in [0.717, 1.165) is 25.0 Å². The van der Waals surface area contributed by atoms with Gasteiger partial charge in [0.15, 0.2) is 0 Å². The van der Waals surface area contributed by atoms with Crippen molar-refractivity contribution in [3.8, 4) is 0 Å². The van der Waals surface area contributed by atoms with Gasteiger partial charge in [0.2, 0.25) is 0 Å². The first kappa shape index (κ1) is 23.7. The fourth-order valence-corrected chi connectivity index (χ4v) is 5.49. The van der Waals surface area contributed by atoms with Crippen LogP contribution in [0.15, 0.2) is 30.2 Å². The summed E-state index contributed by atoms with van der Waals surface area (Å²) in [5, 5.41) is 13.6. The lowest BCUT2D eigenvalue weighted by Crippen LogP contribution is -2.49. The van der Waals surface area contributed by atoms with Crippen LogP contribution in [0, 0.1) is 5.92 Å². The highest BCUT2D eigenvalue weighted by atomic mass is 32.1. The summed E-state index contributed by atoms with van der Waals surface area (Å²) in [5.41, 5.74) is 0. The average molecular weight is 460 g/mol. The summed E-state index contributed by atoms with van der Waals surface area (Å²) in [7, 11) is 0. The summed E-state index contributed by atoms with van der Waals surface area (Å²) in [6, 6.07) is 6.34. The van der Waals surface area contributed by atoms with Crippen molar-refractivity contribution < 1.29 is 23.1 Å². The van der Waals surface area contributed by atoms with Crippen LogP contribution in [-0.4, -0.2) is 73.0 Å². The van der Waals surface area contributed by atoms with E-state index < -0.39 is 12.1 Å². The number of nitrogens with zero attached hydrogens (tertiary/aromatic N) is 5. The molecule has 0 amide bonds. The largest absolute Gasteiger partial charge is 0.490 e. The lowest BCUT2D eigenvalue weighted by Gasteiger charge is -2.40. The molecular weight excluding hydrogens is 431 g/mol. The van der Waals surface area contributed by atoms with Gasteiger partial charge < -0.3 is 5.11 Å². The van der Waals surface area contributed by atoms with E-state index in [1.165, 1.54) is 30.8 Å². The molecule has 2 aromatic rings. The number of carboxylic acids is 1. The smallest absolute Gasteiger partial charge is 0.475 e. The van der Waals surface area contributed by atoms with Gasteiger partial charge in [-0.05, 0) is 44.1 Å². The van der Waals surface area contributed by atoms with Crippen molar-refractivity contribution in [3.05, 3.63) is 35.0 Å². The first-order valence-corrected chi connectivity index (χ1v) is 11.2. The summed E-state index contributed by atoms with van der Waals surface area (Å²) < 4.78 is 33.7. The zero-order chi connectivity index (χ0) is 22.6. The first-order chi connectivity index (χ1) is 14.6. The fourth-order valence-electron chi connectivity index (χ4n) is 4.74. The standard InChI is InChI=1S/C18H27N5S.C2HF3O2/c1-14(2)23-16(10-22-13-19-12-20-22)8-15-9-21(6-5-18(15)23)11-17-4-3-7-24-17;3-2(4,5)1(6)7/h3-4,7,12-16,18H,5-6,8-11H2,1-2H3;(H,6,7)/t15-,16+,18+;/m1./s1. The molecule has 4 heterocycles. The molecule has 2 fully saturated rings. The van der Waals surface area contributed by atoms with Gasteiger partial charge >= 0.3 is 12.1 Å². The predicted octanol–water partition coefficient (Wildman–Crippen LogP) is 3.35. The van der Waals surface area contributed by atoms with Crippen LogP contribution in [0.4, 0.5) is 13.2 Å². The average Bonchev–Trinajstić information content (AvgIpc) is 3.42.